The summed E-state index contributed by atoms with van der Waals surface area (Å²) in [6, 6.07) is 9.21. The van der Waals surface area contributed by atoms with Crippen molar-refractivity contribution in [1.82, 2.24) is 4.98 Å². The van der Waals surface area contributed by atoms with Gasteiger partial charge < -0.3 is 14.6 Å². The number of pyridine rings is 1. The molecule has 4 heteroatoms. The third kappa shape index (κ3) is 2.28. The Kier molecular flexibility index (Phi) is 3.79. The Balaban J connectivity index is 2.51. The molecule has 0 aliphatic rings. The molecule has 0 fully saturated rings. The molecule has 18 heavy (non-hydrogen) atoms. The number of hydrogen-bond acceptors (Lipinski definition) is 4. The van der Waals surface area contributed by atoms with Crippen LogP contribution in [0.2, 0.25) is 0 Å². The van der Waals surface area contributed by atoms with E-state index in [0.717, 1.165) is 16.8 Å². The summed E-state index contributed by atoms with van der Waals surface area (Å²) in [7, 11) is 3.18. The molecular formula is C14H15NO3. The molecule has 0 aliphatic heterocycles. The summed E-state index contributed by atoms with van der Waals surface area (Å²) in [5.41, 5.74) is 2.42. The average molecular weight is 245 g/mol. The molecule has 0 saturated carbocycles. The maximum Gasteiger partial charge on any atom is 0.161 e. The zero-order valence-electron chi connectivity index (χ0n) is 10.4. The van der Waals surface area contributed by atoms with Crippen molar-refractivity contribution >= 4 is 0 Å². The summed E-state index contributed by atoms with van der Waals surface area (Å²) in [6.45, 7) is -0.0441. The van der Waals surface area contributed by atoms with Crippen molar-refractivity contribution in [3.63, 3.8) is 0 Å². The van der Waals surface area contributed by atoms with E-state index >= 15 is 0 Å². The molecule has 1 heterocycles. The minimum Gasteiger partial charge on any atom is -0.493 e. The zero-order chi connectivity index (χ0) is 13.0. The molecule has 0 atom stereocenters. The Morgan fingerprint density at radius 2 is 1.89 bits per heavy atom. The highest BCUT2D eigenvalue weighted by atomic mass is 16.5. The van der Waals surface area contributed by atoms with Crippen LogP contribution in [0.1, 0.15) is 5.56 Å². The first kappa shape index (κ1) is 12.4. The predicted molar refractivity (Wildman–Crippen MR) is 68.7 cm³/mol. The van der Waals surface area contributed by atoms with Gasteiger partial charge in [-0.15, -0.1) is 0 Å². The number of hydrogen-bond donors (Lipinski definition) is 1. The topological polar surface area (TPSA) is 51.6 Å². The lowest BCUT2D eigenvalue weighted by Gasteiger charge is -2.11. The molecule has 0 saturated heterocycles. The van der Waals surface area contributed by atoms with Gasteiger partial charge in [0.1, 0.15) is 0 Å². The molecule has 1 aromatic heterocycles. The molecule has 2 aromatic rings. The van der Waals surface area contributed by atoms with E-state index in [-0.39, 0.29) is 6.61 Å². The van der Waals surface area contributed by atoms with Gasteiger partial charge in [0.25, 0.3) is 0 Å². The van der Waals surface area contributed by atoms with E-state index in [1.807, 2.05) is 24.3 Å². The summed E-state index contributed by atoms with van der Waals surface area (Å²) in [6.07, 6.45) is 1.70. The number of nitrogens with zero attached hydrogens (tertiary/aromatic N) is 1. The van der Waals surface area contributed by atoms with Crippen LogP contribution in [-0.2, 0) is 6.61 Å². The van der Waals surface area contributed by atoms with Crippen LogP contribution in [0.3, 0.4) is 0 Å². The quantitative estimate of drug-likeness (QED) is 0.897. The zero-order valence-corrected chi connectivity index (χ0v) is 10.4. The molecule has 0 aliphatic carbocycles. The van der Waals surface area contributed by atoms with Gasteiger partial charge in [0.2, 0.25) is 0 Å². The first-order chi connectivity index (χ1) is 8.80. The minimum absolute atomic E-state index is 0.0441. The molecule has 1 N–H and O–H groups in total. The number of aliphatic hydroxyl groups excluding tert-OH is 1. The Morgan fingerprint density at radius 1 is 1.11 bits per heavy atom. The van der Waals surface area contributed by atoms with Gasteiger partial charge in [-0.25, -0.2) is 0 Å². The highest BCUT2D eigenvalue weighted by molar-refractivity contribution is 5.66. The van der Waals surface area contributed by atoms with Crippen molar-refractivity contribution in [2.24, 2.45) is 0 Å². The van der Waals surface area contributed by atoms with Crippen molar-refractivity contribution in [3.8, 4) is 22.8 Å². The fourth-order valence-electron chi connectivity index (χ4n) is 1.81. The molecule has 2 rings (SSSR count). The number of aliphatic hydroxyl groups is 1. The van der Waals surface area contributed by atoms with Crippen LogP contribution >= 0.6 is 0 Å². The van der Waals surface area contributed by atoms with Gasteiger partial charge in [-0.2, -0.15) is 0 Å². The van der Waals surface area contributed by atoms with Crippen molar-refractivity contribution < 1.29 is 14.6 Å². The van der Waals surface area contributed by atoms with E-state index in [4.69, 9.17) is 9.47 Å². The van der Waals surface area contributed by atoms with E-state index in [1.54, 1.807) is 26.5 Å². The van der Waals surface area contributed by atoms with Crippen molar-refractivity contribution in [1.29, 1.82) is 0 Å². The van der Waals surface area contributed by atoms with Crippen molar-refractivity contribution in [2.75, 3.05) is 14.2 Å². The standard InChI is InChI=1S/C14H15NO3/c1-17-12-6-5-10(8-13(12)18-2)14-11(9-16)4-3-7-15-14/h3-8,16H,9H2,1-2H3. The van der Waals surface area contributed by atoms with Crippen LogP contribution in [0.15, 0.2) is 36.5 Å². The molecule has 4 nitrogen and oxygen atoms in total. The van der Waals surface area contributed by atoms with Crippen LogP contribution in [0.5, 0.6) is 11.5 Å². The van der Waals surface area contributed by atoms with Gasteiger partial charge >= 0.3 is 0 Å². The summed E-state index contributed by atoms with van der Waals surface area (Å²) >= 11 is 0. The van der Waals surface area contributed by atoms with Crippen molar-refractivity contribution in [2.45, 2.75) is 6.61 Å². The molecule has 0 spiro atoms. The lowest BCUT2D eigenvalue weighted by atomic mass is 10.1. The largest absolute Gasteiger partial charge is 0.493 e. The third-order valence-corrected chi connectivity index (χ3v) is 2.72. The summed E-state index contributed by atoms with van der Waals surface area (Å²) < 4.78 is 10.4. The van der Waals surface area contributed by atoms with Crippen LogP contribution in [-0.4, -0.2) is 24.3 Å². The monoisotopic (exact) mass is 245 g/mol. The number of benzene rings is 1. The van der Waals surface area contributed by atoms with Crippen LogP contribution in [0.4, 0.5) is 0 Å². The van der Waals surface area contributed by atoms with E-state index in [1.165, 1.54) is 0 Å². The molecule has 94 valence electrons. The van der Waals surface area contributed by atoms with E-state index in [9.17, 15) is 5.11 Å². The number of methoxy groups -OCH3 is 2. The molecule has 0 unspecified atom stereocenters. The maximum atomic E-state index is 9.31. The summed E-state index contributed by atoms with van der Waals surface area (Å²) in [5, 5.41) is 9.31. The Morgan fingerprint density at radius 3 is 2.56 bits per heavy atom. The van der Waals surface area contributed by atoms with Gasteiger partial charge in [0, 0.05) is 17.3 Å². The Hall–Kier alpha value is -2.07. The second-order valence-corrected chi connectivity index (χ2v) is 3.74. The normalized spacial score (nSPS) is 10.2. The first-order valence-corrected chi connectivity index (χ1v) is 5.57. The van der Waals surface area contributed by atoms with E-state index in [2.05, 4.69) is 4.98 Å². The molecule has 0 amide bonds. The third-order valence-electron chi connectivity index (χ3n) is 2.72. The smallest absolute Gasteiger partial charge is 0.161 e. The fourth-order valence-corrected chi connectivity index (χ4v) is 1.81. The number of rotatable bonds is 4. The lowest BCUT2D eigenvalue weighted by Crippen LogP contribution is -1.95. The Bertz CT molecular complexity index is 540. The first-order valence-electron chi connectivity index (χ1n) is 5.57. The lowest BCUT2D eigenvalue weighted by molar-refractivity contribution is 0.282. The summed E-state index contributed by atoms with van der Waals surface area (Å²) in [5.74, 6) is 1.31. The fraction of sp³-hybridized carbons (Fsp3) is 0.214. The molecule has 1 aromatic carbocycles. The SMILES string of the molecule is COc1ccc(-c2ncccc2CO)cc1OC. The van der Waals surface area contributed by atoms with Crippen LogP contribution in [0.25, 0.3) is 11.3 Å². The molecular weight excluding hydrogens is 230 g/mol. The number of ether oxygens (including phenoxy) is 2. The highest BCUT2D eigenvalue weighted by Crippen LogP contribution is 2.32. The second-order valence-electron chi connectivity index (χ2n) is 3.74. The number of aromatic nitrogens is 1. The van der Waals surface area contributed by atoms with Gasteiger partial charge in [0.05, 0.1) is 26.5 Å². The molecule has 0 bridgehead atoms. The predicted octanol–water partition coefficient (Wildman–Crippen LogP) is 2.26. The summed E-state index contributed by atoms with van der Waals surface area (Å²) in [4.78, 5) is 4.29. The minimum atomic E-state index is -0.0441. The van der Waals surface area contributed by atoms with Crippen LogP contribution in [0, 0.1) is 0 Å². The maximum absolute atomic E-state index is 9.31. The van der Waals surface area contributed by atoms with E-state index in [0.29, 0.717) is 11.5 Å². The van der Waals surface area contributed by atoms with E-state index < -0.39 is 0 Å². The van der Waals surface area contributed by atoms with Gasteiger partial charge in [-0.1, -0.05) is 6.07 Å². The van der Waals surface area contributed by atoms with Crippen LogP contribution < -0.4 is 9.47 Å². The average Bonchev–Trinajstić information content (AvgIpc) is 2.46. The highest BCUT2D eigenvalue weighted by Gasteiger charge is 2.09. The van der Waals surface area contributed by atoms with Gasteiger partial charge in [-0.3, -0.25) is 4.98 Å². The molecule has 0 radical (unpaired) electrons. The van der Waals surface area contributed by atoms with Crippen molar-refractivity contribution in [3.05, 3.63) is 42.1 Å². The van der Waals surface area contributed by atoms with Gasteiger partial charge in [0.15, 0.2) is 11.5 Å². The van der Waals surface area contributed by atoms with Gasteiger partial charge in [-0.05, 0) is 24.3 Å². The second kappa shape index (κ2) is 5.51. The Labute approximate surface area is 106 Å².